The molecule has 3 rings (SSSR count). The van der Waals surface area contributed by atoms with E-state index in [0.29, 0.717) is 18.2 Å². The Hall–Kier alpha value is -2.56. The number of hydrogen-bond donors (Lipinski definition) is 1. The number of ether oxygens (including phenoxy) is 1. The lowest BCUT2D eigenvalue weighted by atomic mass is 10.1. The third-order valence-corrected chi connectivity index (χ3v) is 4.76. The van der Waals surface area contributed by atoms with Crippen LogP contribution >= 0.6 is 0 Å². The zero-order valence-electron chi connectivity index (χ0n) is 16.3. The van der Waals surface area contributed by atoms with Crippen LogP contribution in [0.25, 0.3) is 0 Å². The van der Waals surface area contributed by atoms with Gasteiger partial charge in [-0.25, -0.2) is 0 Å². The molecule has 1 fully saturated rings. The van der Waals surface area contributed by atoms with Crippen molar-refractivity contribution in [3.8, 4) is 5.75 Å². The summed E-state index contributed by atoms with van der Waals surface area (Å²) in [7, 11) is 0. The predicted octanol–water partition coefficient (Wildman–Crippen LogP) is 3.85. The van der Waals surface area contributed by atoms with Gasteiger partial charge in [0.2, 0.25) is 5.43 Å². The van der Waals surface area contributed by atoms with Gasteiger partial charge in [0, 0.05) is 24.3 Å². The molecule has 5 nitrogen and oxygen atoms in total. The minimum absolute atomic E-state index is 0.151. The van der Waals surface area contributed by atoms with Crippen LogP contribution in [0.15, 0.2) is 41.2 Å². The molecule has 1 aliphatic rings. The number of carbonyl (C=O) groups is 1. The fraction of sp³-hybridized carbons (Fsp3) is 0.455. The number of aryl methyl sites for hydroxylation is 1. The summed E-state index contributed by atoms with van der Waals surface area (Å²) in [4.78, 5) is 25.6. The zero-order valence-corrected chi connectivity index (χ0v) is 16.3. The molecular weight excluding hydrogens is 340 g/mol. The average Bonchev–Trinajstić information content (AvgIpc) is 3.45. The van der Waals surface area contributed by atoms with Crippen LogP contribution in [0, 0.1) is 12.8 Å². The standard InChI is InChI=1S/C22H28N2O3/c1-15(2)11-12-23-22(26)20-21(27-14-17-7-5-4-6-8-17)19(25)13-16(3)24(20)18-9-10-18/h4-8,13,15,18H,9-12,14H2,1-3H3,(H,23,26). The largest absolute Gasteiger partial charge is 0.483 e. The lowest BCUT2D eigenvalue weighted by Gasteiger charge is -2.20. The molecule has 0 radical (unpaired) electrons. The summed E-state index contributed by atoms with van der Waals surface area (Å²) in [5.74, 6) is 0.423. The normalized spacial score (nSPS) is 13.6. The number of aromatic nitrogens is 1. The summed E-state index contributed by atoms with van der Waals surface area (Å²) in [6.45, 7) is 6.96. The zero-order chi connectivity index (χ0) is 19.4. The van der Waals surface area contributed by atoms with Gasteiger partial charge in [0.25, 0.3) is 5.91 Å². The van der Waals surface area contributed by atoms with E-state index >= 15 is 0 Å². The molecule has 0 bridgehead atoms. The lowest BCUT2D eigenvalue weighted by molar-refractivity contribution is 0.0935. The van der Waals surface area contributed by atoms with Crippen molar-refractivity contribution >= 4 is 5.91 Å². The highest BCUT2D eigenvalue weighted by Gasteiger charge is 2.31. The van der Waals surface area contributed by atoms with Crippen molar-refractivity contribution in [3.05, 3.63) is 63.6 Å². The van der Waals surface area contributed by atoms with E-state index in [1.165, 1.54) is 0 Å². The first kappa shape index (κ1) is 19.2. The molecule has 1 saturated carbocycles. The molecule has 0 spiro atoms. The van der Waals surface area contributed by atoms with Crippen LogP contribution in [0.1, 0.15) is 60.9 Å². The number of hydrogen-bond acceptors (Lipinski definition) is 3. The van der Waals surface area contributed by atoms with Gasteiger partial charge in [0.05, 0.1) is 0 Å². The molecule has 1 amide bonds. The van der Waals surface area contributed by atoms with Gasteiger partial charge in [-0.1, -0.05) is 44.2 Å². The van der Waals surface area contributed by atoms with Crippen LogP contribution in [0.5, 0.6) is 5.75 Å². The quantitative estimate of drug-likeness (QED) is 0.770. The SMILES string of the molecule is Cc1cc(=O)c(OCc2ccccc2)c(C(=O)NCCC(C)C)n1C1CC1. The van der Waals surface area contributed by atoms with Gasteiger partial charge in [-0.05, 0) is 37.7 Å². The molecule has 0 atom stereocenters. The van der Waals surface area contributed by atoms with E-state index in [1.54, 1.807) is 6.07 Å². The second-order valence-corrected chi connectivity index (χ2v) is 7.64. The molecule has 0 aliphatic heterocycles. The maximum absolute atomic E-state index is 13.0. The molecule has 0 saturated heterocycles. The van der Waals surface area contributed by atoms with E-state index in [4.69, 9.17) is 4.74 Å². The second-order valence-electron chi connectivity index (χ2n) is 7.64. The minimum atomic E-state index is -0.241. The van der Waals surface area contributed by atoms with Crippen LogP contribution in [-0.2, 0) is 6.61 Å². The highest BCUT2D eigenvalue weighted by atomic mass is 16.5. The molecule has 0 unspecified atom stereocenters. The molecule has 1 heterocycles. The van der Waals surface area contributed by atoms with E-state index in [-0.39, 0.29) is 29.7 Å². The molecular formula is C22H28N2O3. The van der Waals surface area contributed by atoms with Crippen molar-refractivity contribution in [2.45, 2.75) is 52.7 Å². The van der Waals surface area contributed by atoms with Crippen LogP contribution in [0.2, 0.25) is 0 Å². The fourth-order valence-corrected chi connectivity index (χ4v) is 3.17. The Bertz CT molecular complexity index is 852. The predicted molar refractivity (Wildman–Crippen MR) is 106 cm³/mol. The van der Waals surface area contributed by atoms with Crippen molar-refractivity contribution in [2.75, 3.05) is 6.54 Å². The molecule has 1 aromatic heterocycles. The van der Waals surface area contributed by atoms with Crippen molar-refractivity contribution < 1.29 is 9.53 Å². The smallest absolute Gasteiger partial charge is 0.271 e. The molecule has 144 valence electrons. The summed E-state index contributed by atoms with van der Waals surface area (Å²) in [5, 5.41) is 2.97. The average molecular weight is 368 g/mol. The van der Waals surface area contributed by atoms with Gasteiger partial charge in [-0.15, -0.1) is 0 Å². The first-order valence-corrected chi connectivity index (χ1v) is 9.68. The summed E-state index contributed by atoms with van der Waals surface area (Å²) < 4.78 is 7.86. The maximum atomic E-state index is 13.0. The molecule has 27 heavy (non-hydrogen) atoms. The highest BCUT2D eigenvalue weighted by molar-refractivity contribution is 5.95. The van der Waals surface area contributed by atoms with Gasteiger partial charge in [-0.2, -0.15) is 0 Å². The van der Waals surface area contributed by atoms with Gasteiger partial charge in [0.1, 0.15) is 6.61 Å². The van der Waals surface area contributed by atoms with Crippen molar-refractivity contribution in [1.29, 1.82) is 0 Å². The monoisotopic (exact) mass is 368 g/mol. The van der Waals surface area contributed by atoms with Crippen LogP contribution in [-0.4, -0.2) is 17.0 Å². The number of amides is 1. The van der Waals surface area contributed by atoms with E-state index in [0.717, 1.165) is 30.5 Å². The maximum Gasteiger partial charge on any atom is 0.271 e. The molecule has 1 N–H and O–H groups in total. The Morgan fingerprint density at radius 3 is 2.59 bits per heavy atom. The summed E-state index contributed by atoms with van der Waals surface area (Å²) in [5.41, 5.74) is 1.89. The summed E-state index contributed by atoms with van der Waals surface area (Å²) in [6.07, 6.45) is 2.94. The van der Waals surface area contributed by atoms with Crippen molar-refractivity contribution in [3.63, 3.8) is 0 Å². The molecule has 1 aliphatic carbocycles. The second kappa shape index (κ2) is 8.42. The Morgan fingerprint density at radius 2 is 1.96 bits per heavy atom. The fourth-order valence-electron chi connectivity index (χ4n) is 3.17. The van der Waals surface area contributed by atoms with E-state index in [2.05, 4.69) is 19.2 Å². The van der Waals surface area contributed by atoms with Crippen LogP contribution < -0.4 is 15.5 Å². The van der Waals surface area contributed by atoms with E-state index < -0.39 is 0 Å². The summed E-state index contributed by atoms with van der Waals surface area (Å²) >= 11 is 0. The van der Waals surface area contributed by atoms with Gasteiger partial charge >= 0.3 is 0 Å². The van der Waals surface area contributed by atoms with Crippen molar-refractivity contribution in [2.24, 2.45) is 5.92 Å². The van der Waals surface area contributed by atoms with Crippen molar-refractivity contribution in [1.82, 2.24) is 9.88 Å². The topological polar surface area (TPSA) is 60.3 Å². The van der Waals surface area contributed by atoms with Gasteiger partial charge < -0.3 is 14.6 Å². The number of carbonyl (C=O) groups excluding carboxylic acids is 1. The van der Waals surface area contributed by atoms with Gasteiger partial charge in [0.15, 0.2) is 11.4 Å². The molecule has 5 heteroatoms. The molecule has 1 aromatic carbocycles. The number of nitrogens with one attached hydrogen (secondary N) is 1. The Balaban J connectivity index is 1.91. The first-order chi connectivity index (χ1) is 13.0. The minimum Gasteiger partial charge on any atom is -0.483 e. The highest BCUT2D eigenvalue weighted by Crippen LogP contribution is 2.38. The van der Waals surface area contributed by atoms with E-state index in [9.17, 15) is 9.59 Å². The lowest BCUT2D eigenvalue weighted by Crippen LogP contribution is -2.32. The number of rotatable bonds is 8. The Labute approximate surface area is 160 Å². The van der Waals surface area contributed by atoms with Crippen LogP contribution in [0.4, 0.5) is 0 Å². The number of pyridine rings is 1. The number of nitrogens with zero attached hydrogens (tertiary/aromatic N) is 1. The molecule has 2 aromatic rings. The third kappa shape index (κ3) is 4.79. The third-order valence-electron chi connectivity index (χ3n) is 4.76. The Morgan fingerprint density at radius 1 is 1.26 bits per heavy atom. The summed E-state index contributed by atoms with van der Waals surface area (Å²) in [6, 6.07) is 11.5. The van der Waals surface area contributed by atoms with Gasteiger partial charge in [-0.3, -0.25) is 9.59 Å². The van der Waals surface area contributed by atoms with Crippen LogP contribution in [0.3, 0.4) is 0 Å². The number of benzene rings is 1. The van der Waals surface area contributed by atoms with E-state index in [1.807, 2.05) is 41.8 Å². The Kier molecular flexibility index (Phi) is 5.99. The first-order valence-electron chi connectivity index (χ1n) is 9.68.